The zero-order valence-corrected chi connectivity index (χ0v) is 11.4. The predicted octanol–water partition coefficient (Wildman–Crippen LogP) is 3.93. The number of benzene rings is 2. The molecule has 0 radical (unpaired) electrons. The van der Waals surface area contributed by atoms with E-state index in [1.807, 2.05) is 18.2 Å². The van der Waals surface area contributed by atoms with Crippen LogP contribution in [0.1, 0.15) is 15.9 Å². The SMILES string of the molecule is Cc1cccc(C(=O)Nc2cccc3ccncc23)c1F. The van der Waals surface area contributed by atoms with E-state index in [0.717, 1.165) is 10.8 Å². The van der Waals surface area contributed by atoms with Crippen molar-refractivity contribution in [3.63, 3.8) is 0 Å². The van der Waals surface area contributed by atoms with Crippen LogP contribution in [0.25, 0.3) is 10.8 Å². The average Bonchev–Trinajstić information content (AvgIpc) is 2.50. The number of hydrogen-bond donors (Lipinski definition) is 1. The number of aryl methyl sites for hydroxylation is 1. The Morgan fingerprint density at radius 1 is 1.14 bits per heavy atom. The maximum absolute atomic E-state index is 14.0. The molecule has 0 spiro atoms. The lowest BCUT2D eigenvalue weighted by Gasteiger charge is -2.09. The summed E-state index contributed by atoms with van der Waals surface area (Å²) in [6.07, 6.45) is 3.37. The van der Waals surface area contributed by atoms with E-state index < -0.39 is 11.7 Å². The third kappa shape index (κ3) is 2.48. The number of nitrogens with zero attached hydrogens (tertiary/aromatic N) is 1. The fourth-order valence-electron chi connectivity index (χ4n) is 2.23. The lowest BCUT2D eigenvalue weighted by atomic mass is 10.1. The van der Waals surface area contributed by atoms with Crippen molar-refractivity contribution in [2.24, 2.45) is 0 Å². The van der Waals surface area contributed by atoms with Gasteiger partial charge in [-0.25, -0.2) is 4.39 Å². The summed E-state index contributed by atoms with van der Waals surface area (Å²) in [6.45, 7) is 1.63. The summed E-state index contributed by atoms with van der Waals surface area (Å²) < 4.78 is 14.0. The van der Waals surface area contributed by atoms with Crippen LogP contribution in [0.5, 0.6) is 0 Å². The van der Waals surface area contributed by atoms with E-state index in [1.54, 1.807) is 37.5 Å². The molecule has 3 nitrogen and oxygen atoms in total. The minimum atomic E-state index is -0.492. The summed E-state index contributed by atoms with van der Waals surface area (Å²) in [7, 11) is 0. The number of carbonyl (C=O) groups is 1. The minimum absolute atomic E-state index is 0.0379. The monoisotopic (exact) mass is 280 g/mol. The van der Waals surface area contributed by atoms with Gasteiger partial charge in [-0.15, -0.1) is 0 Å². The second-order valence-electron chi connectivity index (χ2n) is 4.79. The van der Waals surface area contributed by atoms with Gasteiger partial charge in [0.1, 0.15) is 5.82 Å². The van der Waals surface area contributed by atoms with Gasteiger partial charge in [0.05, 0.1) is 11.3 Å². The molecule has 1 amide bonds. The number of amides is 1. The number of halogens is 1. The predicted molar refractivity (Wildman–Crippen MR) is 80.8 cm³/mol. The molecule has 0 atom stereocenters. The molecule has 1 aromatic heterocycles. The lowest BCUT2D eigenvalue weighted by molar-refractivity contribution is 0.102. The third-order valence-corrected chi connectivity index (χ3v) is 3.37. The molecule has 0 saturated heterocycles. The van der Waals surface area contributed by atoms with Gasteiger partial charge in [-0.2, -0.15) is 0 Å². The van der Waals surface area contributed by atoms with Crippen LogP contribution in [0.3, 0.4) is 0 Å². The zero-order valence-electron chi connectivity index (χ0n) is 11.4. The average molecular weight is 280 g/mol. The molecule has 104 valence electrons. The van der Waals surface area contributed by atoms with Crippen molar-refractivity contribution in [1.82, 2.24) is 4.98 Å². The summed E-state index contributed by atoms with van der Waals surface area (Å²) in [4.78, 5) is 16.3. The van der Waals surface area contributed by atoms with E-state index in [-0.39, 0.29) is 5.56 Å². The van der Waals surface area contributed by atoms with Crippen LogP contribution in [0.15, 0.2) is 54.9 Å². The molecule has 1 N–H and O–H groups in total. The largest absolute Gasteiger partial charge is 0.321 e. The second-order valence-corrected chi connectivity index (χ2v) is 4.79. The lowest BCUT2D eigenvalue weighted by Crippen LogP contribution is -2.14. The number of pyridine rings is 1. The van der Waals surface area contributed by atoms with Gasteiger partial charge in [0.25, 0.3) is 5.91 Å². The first-order chi connectivity index (χ1) is 10.2. The fourth-order valence-corrected chi connectivity index (χ4v) is 2.23. The van der Waals surface area contributed by atoms with Crippen molar-refractivity contribution in [1.29, 1.82) is 0 Å². The maximum Gasteiger partial charge on any atom is 0.258 e. The normalized spacial score (nSPS) is 10.6. The zero-order chi connectivity index (χ0) is 14.8. The van der Waals surface area contributed by atoms with Crippen molar-refractivity contribution in [2.45, 2.75) is 6.92 Å². The molecule has 21 heavy (non-hydrogen) atoms. The molecule has 0 aliphatic heterocycles. The number of fused-ring (bicyclic) bond motifs is 1. The van der Waals surface area contributed by atoms with Crippen LogP contribution < -0.4 is 5.32 Å². The Hall–Kier alpha value is -2.75. The van der Waals surface area contributed by atoms with Gasteiger partial charge in [0.15, 0.2) is 0 Å². The molecule has 0 fully saturated rings. The van der Waals surface area contributed by atoms with Gasteiger partial charge < -0.3 is 5.32 Å². The molecular formula is C17H13FN2O. The summed E-state index contributed by atoms with van der Waals surface area (Å²) >= 11 is 0. The van der Waals surface area contributed by atoms with Crippen molar-refractivity contribution in [2.75, 3.05) is 5.32 Å². The Bertz CT molecular complexity index is 825. The molecule has 0 aliphatic rings. The molecule has 3 aromatic rings. The molecule has 0 unspecified atom stereocenters. The number of rotatable bonds is 2. The fraction of sp³-hybridized carbons (Fsp3) is 0.0588. The van der Waals surface area contributed by atoms with Gasteiger partial charge in [0.2, 0.25) is 0 Å². The first-order valence-corrected chi connectivity index (χ1v) is 6.56. The Morgan fingerprint density at radius 3 is 2.81 bits per heavy atom. The van der Waals surface area contributed by atoms with E-state index >= 15 is 0 Å². The summed E-state index contributed by atoms with van der Waals surface area (Å²) in [5.74, 6) is -0.957. The molecule has 0 saturated carbocycles. The number of aromatic nitrogens is 1. The quantitative estimate of drug-likeness (QED) is 0.772. The Kier molecular flexibility index (Phi) is 3.36. The van der Waals surface area contributed by atoms with E-state index in [1.165, 1.54) is 6.07 Å². The Balaban J connectivity index is 1.99. The van der Waals surface area contributed by atoms with E-state index in [0.29, 0.717) is 11.3 Å². The molecule has 0 aliphatic carbocycles. The van der Waals surface area contributed by atoms with Crippen molar-refractivity contribution in [3.05, 3.63) is 71.8 Å². The first-order valence-electron chi connectivity index (χ1n) is 6.56. The number of carbonyl (C=O) groups excluding carboxylic acids is 1. The Morgan fingerprint density at radius 2 is 1.95 bits per heavy atom. The van der Waals surface area contributed by atoms with Gasteiger partial charge in [-0.1, -0.05) is 24.3 Å². The maximum atomic E-state index is 14.0. The van der Waals surface area contributed by atoms with Gasteiger partial charge in [0, 0.05) is 17.8 Å². The van der Waals surface area contributed by atoms with Crippen LogP contribution in [0, 0.1) is 12.7 Å². The Labute approximate surface area is 121 Å². The highest BCUT2D eigenvalue weighted by atomic mass is 19.1. The van der Waals surface area contributed by atoms with Crippen LogP contribution in [-0.2, 0) is 0 Å². The van der Waals surface area contributed by atoms with Crippen LogP contribution in [-0.4, -0.2) is 10.9 Å². The van der Waals surface area contributed by atoms with E-state index in [2.05, 4.69) is 10.3 Å². The van der Waals surface area contributed by atoms with Crippen molar-refractivity contribution < 1.29 is 9.18 Å². The van der Waals surface area contributed by atoms with Gasteiger partial charge >= 0.3 is 0 Å². The van der Waals surface area contributed by atoms with Gasteiger partial charge in [-0.05, 0) is 36.1 Å². The van der Waals surface area contributed by atoms with Crippen molar-refractivity contribution >= 4 is 22.4 Å². The van der Waals surface area contributed by atoms with Crippen LogP contribution in [0.2, 0.25) is 0 Å². The number of anilines is 1. The highest BCUT2D eigenvalue weighted by Gasteiger charge is 2.14. The number of hydrogen-bond acceptors (Lipinski definition) is 2. The third-order valence-electron chi connectivity index (χ3n) is 3.37. The molecular weight excluding hydrogens is 267 g/mol. The van der Waals surface area contributed by atoms with E-state index in [9.17, 15) is 9.18 Å². The summed E-state index contributed by atoms with van der Waals surface area (Å²) in [5.41, 5.74) is 1.10. The smallest absolute Gasteiger partial charge is 0.258 e. The minimum Gasteiger partial charge on any atom is -0.321 e. The van der Waals surface area contributed by atoms with Crippen LogP contribution >= 0.6 is 0 Å². The molecule has 0 bridgehead atoms. The first kappa shape index (κ1) is 13.2. The van der Waals surface area contributed by atoms with E-state index in [4.69, 9.17) is 0 Å². The molecule has 2 aromatic carbocycles. The van der Waals surface area contributed by atoms with Crippen LogP contribution in [0.4, 0.5) is 10.1 Å². The standard InChI is InChI=1S/C17H13FN2O/c1-11-4-2-6-13(16(11)18)17(21)20-15-7-3-5-12-8-9-19-10-14(12)15/h2-10H,1H3,(H,20,21). The summed E-state index contributed by atoms with van der Waals surface area (Å²) in [5, 5.41) is 4.54. The molecule has 4 heteroatoms. The van der Waals surface area contributed by atoms with Crippen molar-refractivity contribution in [3.8, 4) is 0 Å². The molecule has 1 heterocycles. The topological polar surface area (TPSA) is 42.0 Å². The van der Waals surface area contributed by atoms with Gasteiger partial charge in [-0.3, -0.25) is 9.78 Å². The number of nitrogens with one attached hydrogen (secondary N) is 1. The summed E-state index contributed by atoms with van der Waals surface area (Å²) in [6, 6.07) is 12.2. The second kappa shape index (κ2) is 5.32. The highest BCUT2D eigenvalue weighted by Crippen LogP contribution is 2.23. The molecule has 3 rings (SSSR count). The highest BCUT2D eigenvalue weighted by molar-refractivity contribution is 6.09.